The number of hydrogen-bond donors (Lipinski definition) is 0. The summed E-state index contributed by atoms with van der Waals surface area (Å²) in [5.74, 6) is 0. The average Bonchev–Trinajstić information content (AvgIpc) is 3.92. The predicted octanol–water partition coefficient (Wildman–Crippen LogP) is 13.9. The average molecular weight is 679 g/mol. The fourth-order valence-corrected chi connectivity index (χ4v) is 9.67. The first-order chi connectivity index (χ1) is 26.2. The third-order valence-electron chi connectivity index (χ3n) is 12.1. The molecule has 1 aromatic heterocycles. The molecule has 252 valence electrons. The molecule has 11 rings (SSSR count). The number of aromatic nitrogens is 1. The minimum atomic E-state index is 0.113. The van der Waals surface area contributed by atoms with Gasteiger partial charge < -0.3 is 9.47 Å². The second-order valence-corrected chi connectivity index (χ2v) is 14.9. The fourth-order valence-electron chi connectivity index (χ4n) is 9.67. The summed E-state index contributed by atoms with van der Waals surface area (Å²) in [4.78, 5) is 2.46. The predicted molar refractivity (Wildman–Crippen MR) is 223 cm³/mol. The highest BCUT2D eigenvalue weighted by molar-refractivity contribution is 6.10. The molecule has 1 fully saturated rings. The van der Waals surface area contributed by atoms with Gasteiger partial charge in [0.1, 0.15) is 0 Å². The van der Waals surface area contributed by atoms with E-state index in [-0.39, 0.29) is 5.41 Å². The summed E-state index contributed by atoms with van der Waals surface area (Å²) in [6.07, 6.45) is 5.01. The molecule has 2 heteroatoms. The summed E-state index contributed by atoms with van der Waals surface area (Å²) < 4.78 is 2.40. The Kier molecular flexibility index (Phi) is 6.76. The van der Waals surface area contributed by atoms with Crippen molar-refractivity contribution < 1.29 is 0 Å². The van der Waals surface area contributed by atoms with E-state index in [2.05, 4.69) is 191 Å². The molecule has 0 bridgehead atoms. The van der Waals surface area contributed by atoms with Crippen molar-refractivity contribution in [1.29, 1.82) is 0 Å². The maximum Gasteiger partial charge on any atom is 0.0547 e. The molecule has 0 unspecified atom stereocenters. The maximum atomic E-state index is 2.51. The van der Waals surface area contributed by atoms with Crippen molar-refractivity contribution in [3.63, 3.8) is 0 Å². The fraction of sp³-hybridized carbons (Fsp3) is 0.0980. The number of fused-ring (bicyclic) bond motifs is 9. The van der Waals surface area contributed by atoms with E-state index in [1.165, 1.54) is 109 Å². The van der Waals surface area contributed by atoms with E-state index < -0.39 is 0 Å². The van der Waals surface area contributed by atoms with Gasteiger partial charge in [-0.1, -0.05) is 134 Å². The topological polar surface area (TPSA) is 8.17 Å². The molecule has 1 spiro atoms. The lowest BCUT2D eigenvalue weighted by atomic mass is 9.76. The minimum Gasteiger partial charge on any atom is -0.310 e. The van der Waals surface area contributed by atoms with Crippen molar-refractivity contribution >= 4 is 49.6 Å². The Labute approximate surface area is 310 Å². The van der Waals surface area contributed by atoms with Crippen LogP contribution in [-0.2, 0) is 5.41 Å². The van der Waals surface area contributed by atoms with Crippen molar-refractivity contribution in [2.24, 2.45) is 0 Å². The quantitative estimate of drug-likeness (QED) is 0.176. The number of nitrogens with zero attached hydrogens (tertiary/aromatic N) is 2. The number of benzene rings is 8. The van der Waals surface area contributed by atoms with Gasteiger partial charge in [0.15, 0.2) is 0 Å². The molecule has 0 amide bonds. The van der Waals surface area contributed by atoms with Crippen LogP contribution in [0.1, 0.15) is 36.8 Å². The van der Waals surface area contributed by atoms with Crippen LogP contribution in [0.25, 0.3) is 60.5 Å². The van der Waals surface area contributed by atoms with Crippen LogP contribution in [0.15, 0.2) is 182 Å². The van der Waals surface area contributed by atoms with Gasteiger partial charge in [-0.25, -0.2) is 0 Å². The molecule has 0 radical (unpaired) electrons. The Morgan fingerprint density at radius 1 is 0.415 bits per heavy atom. The van der Waals surface area contributed by atoms with Gasteiger partial charge in [0.25, 0.3) is 0 Å². The van der Waals surface area contributed by atoms with Crippen molar-refractivity contribution in [1.82, 2.24) is 4.57 Å². The molecule has 0 N–H and O–H groups in total. The van der Waals surface area contributed by atoms with E-state index in [4.69, 9.17) is 0 Å². The summed E-state index contributed by atoms with van der Waals surface area (Å²) in [7, 11) is 0. The van der Waals surface area contributed by atoms with Gasteiger partial charge >= 0.3 is 0 Å². The second kappa shape index (κ2) is 11.8. The number of anilines is 3. The molecule has 8 aromatic carbocycles. The van der Waals surface area contributed by atoms with E-state index in [9.17, 15) is 0 Å². The number of hydrogen-bond acceptors (Lipinski definition) is 1. The van der Waals surface area contributed by atoms with Gasteiger partial charge in [-0.3, -0.25) is 0 Å². The van der Waals surface area contributed by atoms with E-state index in [1.807, 2.05) is 0 Å². The minimum absolute atomic E-state index is 0.113. The zero-order chi connectivity index (χ0) is 34.9. The standard InChI is InChI=1S/C51H38N2/c1-2-14-39(15-3-1)53-49-19-9-7-17-45(49)46-28-23-38(33-50(46)53)36-20-24-40(25-21-36)52(41-26-22-35-12-4-5-13-37(35)32-41)42-27-29-44-43-16-6-8-18-47(43)51(48(44)34-42)30-10-11-31-51/h1-9,12-29,32-34H,10-11,30-31H2. The molecule has 9 aromatic rings. The summed E-state index contributed by atoms with van der Waals surface area (Å²) in [5, 5.41) is 5.04. The molecular weight excluding hydrogens is 641 g/mol. The first-order valence-corrected chi connectivity index (χ1v) is 19.0. The van der Waals surface area contributed by atoms with Crippen LogP contribution in [0.4, 0.5) is 17.1 Å². The molecule has 0 aliphatic heterocycles. The Morgan fingerprint density at radius 2 is 1.06 bits per heavy atom. The monoisotopic (exact) mass is 678 g/mol. The zero-order valence-electron chi connectivity index (χ0n) is 29.5. The lowest BCUT2D eigenvalue weighted by molar-refractivity contribution is 0.550. The van der Waals surface area contributed by atoms with Gasteiger partial charge in [-0.05, 0) is 118 Å². The molecule has 0 atom stereocenters. The van der Waals surface area contributed by atoms with Crippen LogP contribution in [0, 0.1) is 0 Å². The summed E-state index contributed by atoms with van der Waals surface area (Å²) in [6, 6.07) is 67.5. The lowest BCUT2D eigenvalue weighted by Gasteiger charge is -2.30. The summed E-state index contributed by atoms with van der Waals surface area (Å²) in [6.45, 7) is 0. The largest absolute Gasteiger partial charge is 0.310 e. The van der Waals surface area contributed by atoms with E-state index in [0.29, 0.717) is 0 Å². The first kappa shape index (κ1) is 30.3. The van der Waals surface area contributed by atoms with Crippen LogP contribution in [0.5, 0.6) is 0 Å². The van der Waals surface area contributed by atoms with Crippen LogP contribution < -0.4 is 4.90 Å². The van der Waals surface area contributed by atoms with Crippen LogP contribution in [0.3, 0.4) is 0 Å². The van der Waals surface area contributed by atoms with Crippen LogP contribution >= 0.6 is 0 Å². The SMILES string of the molecule is c1ccc(-n2c3ccccc3c3ccc(-c4ccc(N(c5ccc6c(c5)C5(CCCC5)c5ccccc5-6)c5ccc6ccccc6c5)cc4)cc32)cc1. The Morgan fingerprint density at radius 3 is 1.92 bits per heavy atom. The highest BCUT2D eigenvalue weighted by atomic mass is 15.1. The van der Waals surface area contributed by atoms with Gasteiger partial charge in [0.05, 0.1) is 11.0 Å². The molecule has 2 nitrogen and oxygen atoms in total. The number of para-hydroxylation sites is 2. The van der Waals surface area contributed by atoms with Crippen LogP contribution in [0.2, 0.25) is 0 Å². The Hall–Kier alpha value is -6.38. The highest BCUT2D eigenvalue weighted by Crippen LogP contribution is 2.57. The van der Waals surface area contributed by atoms with Crippen molar-refractivity contribution in [3.05, 3.63) is 193 Å². The number of rotatable bonds is 5. The van der Waals surface area contributed by atoms with Crippen LogP contribution in [-0.4, -0.2) is 4.57 Å². The molecule has 2 aliphatic carbocycles. The van der Waals surface area contributed by atoms with Crippen molar-refractivity contribution in [3.8, 4) is 27.9 Å². The van der Waals surface area contributed by atoms with E-state index in [1.54, 1.807) is 0 Å². The Bertz CT molecular complexity index is 2840. The van der Waals surface area contributed by atoms with E-state index in [0.717, 1.165) is 5.69 Å². The van der Waals surface area contributed by atoms with Gasteiger partial charge in [0, 0.05) is 38.9 Å². The Balaban J connectivity index is 1.05. The molecule has 53 heavy (non-hydrogen) atoms. The third kappa shape index (κ3) is 4.65. The second-order valence-electron chi connectivity index (χ2n) is 14.9. The van der Waals surface area contributed by atoms with Crippen molar-refractivity contribution in [2.75, 3.05) is 4.90 Å². The molecule has 2 aliphatic rings. The van der Waals surface area contributed by atoms with Gasteiger partial charge in [-0.2, -0.15) is 0 Å². The lowest BCUT2D eigenvalue weighted by Crippen LogP contribution is -2.21. The van der Waals surface area contributed by atoms with E-state index >= 15 is 0 Å². The summed E-state index contributed by atoms with van der Waals surface area (Å²) in [5.41, 5.74) is 15.5. The molecule has 0 saturated heterocycles. The molecule has 1 heterocycles. The smallest absolute Gasteiger partial charge is 0.0547 e. The maximum absolute atomic E-state index is 2.51. The first-order valence-electron chi connectivity index (χ1n) is 19.0. The zero-order valence-corrected chi connectivity index (χ0v) is 29.5. The highest BCUT2D eigenvalue weighted by Gasteiger charge is 2.45. The summed E-state index contributed by atoms with van der Waals surface area (Å²) >= 11 is 0. The third-order valence-corrected chi connectivity index (χ3v) is 12.1. The molecular formula is C51H38N2. The van der Waals surface area contributed by atoms with Gasteiger partial charge in [0.2, 0.25) is 0 Å². The normalized spacial score (nSPS) is 14.3. The van der Waals surface area contributed by atoms with Gasteiger partial charge in [-0.15, -0.1) is 0 Å². The van der Waals surface area contributed by atoms with Crippen molar-refractivity contribution in [2.45, 2.75) is 31.1 Å². The molecule has 1 saturated carbocycles.